The number of methoxy groups -OCH3 is 2. The number of furan rings is 1. The van der Waals surface area contributed by atoms with Crippen LogP contribution in [-0.4, -0.2) is 76.6 Å². The third-order valence-corrected chi connectivity index (χ3v) is 8.66. The van der Waals surface area contributed by atoms with E-state index in [2.05, 4.69) is 10.3 Å². The van der Waals surface area contributed by atoms with Crippen molar-refractivity contribution in [3.63, 3.8) is 0 Å². The molecule has 1 aliphatic rings. The molecule has 274 valence electrons. The van der Waals surface area contributed by atoms with Gasteiger partial charge >= 0.3 is 31.4 Å². The summed E-state index contributed by atoms with van der Waals surface area (Å²) in [5.41, 5.74) is -0.242. The minimum absolute atomic E-state index is 0.104. The summed E-state index contributed by atoms with van der Waals surface area (Å²) in [7, 11) is -1.89. The van der Waals surface area contributed by atoms with E-state index >= 15 is 8.78 Å². The first kappa shape index (κ1) is 37.3. The molecule has 20 heteroatoms. The molecule has 4 N–H and O–H groups in total. The Kier molecular flexibility index (Phi) is 11.4. The van der Waals surface area contributed by atoms with E-state index in [1.807, 2.05) is 5.09 Å². The third-order valence-electron chi connectivity index (χ3n) is 7.45. The maximum absolute atomic E-state index is 15.1. The normalized spacial score (nSPS) is 19.9. The topological polar surface area (TPSA) is 219 Å². The molecule has 0 spiro atoms. The van der Waals surface area contributed by atoms with Crippen molar-refractivity contribution in [1.82, 2.24) is 14.6 Å². The van der Waals surface area contributed by atoms with E-state index in [1.54, 1.807) is 48.5 Å². The summed E-state index contributed by atoms with van der Waals surface area (Å²) in [5.74, 6) is -4.21. The summed E-state index contributed by atoms with van der Waals surface area (Å²) >= 11 is 0. The van der Waals surface area contributed by atoms with Gasteiger partial charge in [0.2, 0.25) is 6.23 Å². The Balaban J connectivity index is 1.14. The number of hydrogen-bond acceptors (Lipinski definition) is 13. The number of benzene rings is 2. The summed E-state index contributed by atoms with van der Waals surface area (Å²) in [6, 6.07) is 13.2. The van der Waals surface area contributed by atoms with Crippen LogP contribution in [0.25, 0.3) is 11.0 Å². The molecule has 2 aromatic heterocycles. The maximum Gasteiger partial charge on any atom is 0.413 e. The summed E-state index contributed by atoms with van der Waals surface area (Å²) in [6.45, 7) is -0.260. The number of fused-ring (bicyclic) bond motifs is 1. The fourth-order valence-electron chi connectivity index (χ4n) is 4.90. The maximum atomic E-state index is 15.1. The average molecular weight is 739 g/mol. The fraction of sp³-hybridized carbons (Fsp3) is 0.355. The van der Waals surface area contributed by atoms with Crippen molar-refractivity contribution >= 4 is 36.6 Å². The Labute approximate surface area is 287 Å². The number of amides is 1. The van der Waals surface area contributed by atoms with E-state index in [0.717, 1.165) is 12.3 Å². The van der Waals surface area contributed by atoms with Crippen LogP contribution in [0.5, 0.6) is 11.5 Å². The average Bonchev–Trinajstić information content (AvgIpc) is 3.62. The number of esters is 1. The van der Waals surface area contributed by atoms with Crippen LogP contribution in [-0.2, 0) is 41.3 Å². The van der Waals surface area contributed by atoms with Gasteiger partial charge in [-0.1, -0.05) is 30.3 Å². The molecule has 1 saturated heterocycles. The highest BCUT2D eigenvalue weighted by Gasteiger charge is 2.60. The zero-order valence-electron chi connectivity index (χ0n) is 27.2. The van der Waals surface area contributed by atoms with Gasteiger partial charge in [-0.2, -0.15) is 13.8 Å². The van der Waals surface area contributed by atoms with Crippen LogP contribution in [0.15, 0.2) is 70.0 Å². The van der Waals surface area contributed by atoms with Crippen molar-refractivity contribution in [2.45, 2.75) is 50.5 Å². The minimum atomic E-state index is -4.82. The molecule has 1 amide bonds. The molecule has 5 atom stereocenters. The van der Waals surface area contributed by atoms with E-state index in [4.69, 9.17) is 32.6 Å². The second kappa shape index (κ2) is 15.5. The van der Waals surface area contributed by atoms with Gasteiger partial charge in [0, 0.05) is 17.6 Å². The molecule has 0 saturated carbocycles. The van der Waals surface area contributed by atoms with Crippen LogP contribution in [0.1, 0.15) is 24.5 Å². The molecular weight excluding hydrogens is 705 g/mol. The van der Waals surface area contributed by atoms with Crippen LogP contribution in [0.2, 0.25) is 0 Å². The number of carbonyl (C=O) groups is 2. The largest absolute Gasteiger partial charge is 0.497 e. The van der Waals surface area contributed by atoms with Gasteiger partial charge in [-0.3, -0.25) is 19.2 Å². The van der Waals surface area contributed by atoms with Crippen LogP contribution >= 0.6 is 7.75 Å². The van der Waals surface area contributed by atoms with Crippen LogP contribution in [0, 0.1) is 0 Å². The van der Waals surface area contributed by atoms with E-state index in [-0.39, 0.29) is 24.8 Å². The van der Waals surface area contributed by atoms with Crippen molar-refractivity contribution in [2.24, 2.45) is 0 Å². The molecule has 1 fully saturated rings. The zero-order chi connectivity index (χ0) is 36.9. The van der Waals surface area contributed by atoms with Crippen LogP contribution in [0.3, 0.4) is 0 Å². The monoisotopic (exact) mass is 738 g/mol. The molecule has 2 unspecified atom stereocenters. The number of rotatable bonds is 14. The SMILES string of the molecule is COc1cc(OC)c2oc(COC(=O)Nc3ccn(C4O[C@H](COP(=O)(O)N[C@@H](C)C(=O)OCc5ccccc5)[C@@H](O)C4(F)F)c(=O)n3)cc2c1. The molecule has 5 rings (SSSR count). The Hall–Kier alpha value is -4.91. The molecule has 1 aliphatic heterocycles. The second-order valence-corrected chi connectivity index (χ2v) is 12.6. The highest BCUT2D eigenvalue weighted by molar-refractivity contribution is 7.50. The number of carbonyl (C=O) groups excluding carboxylic acids is 2. The predicted octanol–water partition coefficient (Wildman–Crippen LogP) is 3.49. The molecule has 0 aliphatic carbocycles. The molecule has 17 nitrogen and oxygen atoms in total. The Bertz CT molecular complexity index is 1980. The Morgan fingerprint density at radius 2 is 1.84 bits per heavy atom. The fourth-order valence-corrected chi connectivity index (χ4v) is 5.91. The molecule has 2 aromatic carbocycles. The van der Waals surface area contributed by atoms with E-state index in [0.29, 0.717) is 32.6 Å². The minimum Gasteiger partial charge on any atom is -0.497 e. The molecule has 3 heterocycles. The predicted molar refractivity (Wildman–Crippen MR) is 171 cm³/mol. The number of aliphatic hydroxyl groups excluding tert-OH is 1. The smallest absolute Gasteiger partial charge is 0.413 e. The highest BCUT2D eigenvalue weighted by Crippen LogP contribution is 2.45. The molecule has 51 heavy (non-hydrogen) atoms. The zero-order valence-corrected chi connectivity index (χ0v) is 28.1. The lowest BCUT2D eigenvalue weighted by molar-refractivity contribution is -0.146. The van der Waals surface area contributed by atoms with Gasteiger partial charge in [0.05, 0.1) is 20.8 Å². The molecule has 4 aromatic rings. The van der Waals surface area contributed by atoms with Gasteiger partial charge in [-0.05, 0) is 30.7 Å². The van der Waals surface area contributed by atoms with Crippen molar-refractivity contribution in [3.05, 3.63) is 82.6 Å². The van der Waals surface area contributed by atoms with Gasteiger partial charge in [-0.25, -0.2) is 19.2 Å². The Morgan fingerprint density at radius 3 is 2.53 bits per heavy atom. The van der Waals surface area contributed by atoms with Crippen molar-refractivity contribution in [1.29, 1.82) is 0 Å². The van der Waals surface area contributed by atoms with Gasteiger partial charge in [0.25, 0.3) is 0 Å². The lowest BCUT2D eigenvalue weighted by atomic mass is 10.1. The molecule has 0 radical (unpaired) electrons. The lowest BCUT2D eigenvalue weighted by Crippen LogP contribution is -2.42. The standard InChI is InChI=1S/C31H33F2N4O13P/c1-17(27(39)46-14-18-7-5-4-6-8-18)36-51(42,43)48-16-23-26(38)31(32,33)28(50-23)37-10-9-24(34-29(37)40)35-30(41)47-15-21-12-19-11-20(44-2)13-22(45-3)25(19)49-21/h4-13,17,23,26,28,38H,14-16H2,1-3H3,(H2,36,42,43)(H,34,35,40,41)/t17-,23+,26+,28?/m0/s1. The molecular formula is C31H33F2N4O13P. The first-order chi connectivity index (χ1) is 24.2. The van der Waals surface area contributed by atoms with Crippen molar-refractivity contribution in [2.75, 3.05) is 26.1 Å². The van der Waals surface area contributed by atoms with Crippen LogP contribution < -0.4 is 25.6 Å². The first-order valence-corrected chi connectivity index (χ1v) is 16.6. The van der Waals surface area contributed by atoms with Gasteiger partial charge in [-0.15, -0.1) is 0 Å². The summed E-state index contributed by atoms with van der Waals surface area (Å²) < 4.78 is 79.4. The van der Waals surface area contributed by atoms with Gasteiger partial charge in [0.15, 0.2) is 24.0 Å². The van der Waals surface area contributed by atoms with Gasteiger partial charge < -0.3 is 38.1 Å². The number of anilines is 1. The van der Waals surface area contributed by atoms with E-state index < -0.39 is 62.5 Å². The first-order valence-electron chi connectivity index (χ1n) is 15.0. The number of nitrogens with one attached hydrogen (secondary N) is 2. The number of alkyl halides is 2. The van der Waals surface area contributed by atoms with Crippen LogP contribution in [0.4, 0.5) is 19.4 Å². The summed E-state index contributed by atoms with van der Waals surface area (Å²) in [6.07, 6.45) is -7.12. The quantitative estimate of drug-likeness (QED) is 0.108. The number of hydrogen-bond donors (Lipinski definition) is 4. The summed E-state index contributed by atoms with van der Waals surface area (Å²) in [4.78, 5) is 51.1. The number of halogens is 2. The number of ether oxygens (including phenoxy) is 5. The van der Waals surface area contributed by atoms with E-state index in [1.165, 1.54) is 21.1 Å². The number of aliphatic hydroxyl groups is 1. The lowest BCUT2D eigenvalue weighted by Gasteiger charge is -2.21. The highest BCUT2D eigenvalue weighted by atomic mass is 31.2. The summed E-state index contributed by atoms with van der Waals surface area (Å²) in [5, 5.41) is 15.1. The van der Waals surface area contributed by atoms with Gasteiger partial charge in [0.1, 0.15) is 36.1 Å². The second-order valence-electron chi connectivity index (χ2n) is 11.1. The Morgan fingerprint density at radius 1 is 1.10 bits per heavy atom. The van der Waals surface area contributed by atoms with Crippen molar-refractivity contribution in [3.8, 4) is 11.5 Å². The van der Waals surface area contributed by atoms with E-state index in [9.17, 15) is 28.9 Å². The number of nitrogens with zero attached hydrogens (tertiary/aromatic N) is 2. The molecule has 0 bridgehead atoms. The third kappa shape index (κ3) is 8.88. The van der Waals surface area contributed by atoms with Crippen molar-refractivity contribution < 1.29 is 65.6 Å². The number of aromatic nitrogens is 2.